The Hall–Kier alpha value is -1.73. The first-order valence-electron chi connectivity index (χ1n) is 7.07. The summed E-state index contributed by atoms with van der Waals surface area (Å²) in [6.07, 6.45) is 2.34. The molecule has 0 amide bonds. The fourth-order valence-electron chi connectivity index (χ4n) is 1.75. The van der Waals surface area contributed by atoms with E-state index in [0.717, 1.165) is 30.9 Å². The van der Waals surface area contributed by atoms with E-state index >= 15 is 0 Å². The summed E-state index contributed by atoms with van der Waals surface area (Å²) in [5, 5.41) is 11.8. The molecule has 4 heteroatoms. The molecule has 4 nitrogen and oxygen atoms in total. The van der Waals surface area contributed by atoms with Crippen molar-refractivity contribution in [1.29, 1.82) is 5.26 Å². The third-order valence-corrected chi connectivity index (χ3v) is 2.88. The zero-order chi connectivity index (χ0) is 14.8. The SMILES string of the molecule is COc1cc(CNC(C)C)ccc1OCCCCC#N. The van der Waals surface area contributed by atoms with E-state index in [9.17, 15) is 0 Å². The number of hydrogen-bond donors (Lipinski definition) is 1. The topological polar surface area (TPSA) is 54.3 Å². The highest BCUT2D eigenvalue weighted by molar-refractivity contribution is 5.42. The van der Waals surface area contributed by atoms with Crippen molar-refractivity contribution in [1.82, 2.24) is 5.32 Å². The minimum atomic E-state index is 0.456. The lowest BCUT2D eigenvalue weighted by Gasteiger charge is -2.13. The van der Waals surface area contributed by atoms with Crippen LogP contribution in [0.25, 0.3) is 0 Å². The summed E-state index contributed by atoms with van der Waals surface area (Å²) in [6.45, 7) is 5.67. The molecule has 0 saturated carbocycles. The van der Waals surface area contributed by atoms with E-state index in [1.165, 1.54) is 5.56 Å². The number of ether oxygens (including phenoxy) is 2. The summed E-state index contributed by atoms with van der Waals surface area (Å²) in [6, 6.07) is 8.58. The van der Waals surface area contributed by atoms with Crippen LogP contribution in [0.5, 0.6) is 11.5 Å². The van der Waals surface area contributed by atoms with Gasteiger partial charge in [-0.15, -0.1) is 0 Å². The van der Waals surface area contributed by atoms with Gasteiger partial charge in [-0.2, -0.15) is 5.26 Å². The van der Waals surface area contributed by atoms with E-state index in [1.807, 2.05) is 18.2 Å². The average molecular weight is 276 g/mol. The Balaban J connectivity index is 2.52. The summed E-state index contributed by atoms with van der Waals surface area (Å²) in [5.74, 6) is 1.52. The van der Waals surface area contributed by atoms with Crippen LogP contribution in [0, 0.1) is 11.3 Å². The second-order valence-corrected chi connectivity index (χ2v) is 4.98. The molecule has 0 aliphatic heterocycles. The van der Waals surface area contributed by atoms with Crippen molar-refractivity contribution >= 4 is 0 Å². The van der Waals surface area contributed by atoms with Crippen LogP contribution in [-0.2, 0) is 6.54 Å². The Labute approximate surface area is 121 Å². The Morgan fingerprint density at radius 1 is 1.25 bits per heavy atom. The van der Waals surface area contributed by atoms with Gasteiger partial charge in [0.2, 0.25) is 0 Å². The largest absolute Gasteiger partial charge is 0.493 e. The van der Waals surface area contributed by atoms with Crippen LogP contribution in [0.4, 0.5) is 0 Å². The zero-order valence-electron chi connectivity index (χ0n) is 12.6. The zero-order valence-corrected chi connectivity index (χ0v) is 12.6. The van der Waals surface area contributed by atoms with Crippen molar-refractivity contribution < 1.29 is 9.47 Å². The maximum Gasteiger partial charge on any atom is 0.161 e. The Kier molecular flexibility index (Phi) is 7.52. The van der Waals surface area contributed by atoms with E-state index in [2.05, 4.69) is 25.2 Å². The molecule has 1 N–H and O–H groups in total. The molecule has 0 aliphatic carbocycles. The molecule has 0 aromatic heterocycles. The number of rotatable bonds is 9. The van der Waals surface area contributed by atoms with E-state index < -0.39 is 0 Å². The molecule has 0 unspecified atom stereocenters. The molecule has 0 fully saturated rings. The minimum Gasteiger partial charge on any atom is -0.493 e. The van der Waals surface area contributed by atoms with Crippen molar-refractivity contribution in [3.8, 4) is 17.6 Å². The molecule has 0 saturated heterocycles. The van der Waals surface area contributed by atoms with E-state index in [-0.39, 0.29) is 0 Å². The maximum absolute atomic E-state index is 8.47. The van der Waals surface area contributed by atoms with Crippen LogP contribution in [-0.4, -0.2) is 19.8 Å². The first kappa shape index (κ1) is 16.3. The number of nitrogens with one attached hydrogen (secondary N) is 1. The monoisotopic (exact) mass is 276 g/mol. The first-order valence-corrected chi connectivity index (χ1v) is 7.07. The van der Waals surface area contributed by atoms with Crippen molar-refractivity contribution in [2.75, 3.05) is 13.7 Å². The number of hydrogen-bond acceptors (Lipinski definition) is 4. The quantitative estimate of drug-likeness (QED) is 0.703. The van der Waals surface area contributed by atoms with Crippen LogP contribution in [0.2, 0.25) is 0 Å². The van der Waals surface area contributed by atoms with Gasteiger partial charge in [-0.05, 0) is 30.5 Å². The van der Waals surface area contributed by atoms with Crippen LogP contribution in [0.3, 0.4) is 0 Å². The predicted molar refractivity (Wildman–Crippen MR) is 79.9 cm³/mol. The molecule has 1 aromatic rings. The van der Waals surface area contributed by atoms with Gasteiger partial charge in [-0.3, -0.25) is 0 Å². The molecule has 0 heterocycles. The Morgan fingerprint density at radius 3 is 2.70 bits per heavy atom. The number of unbranched alkanes of at least 4 members (excludes halogenated alkanes) is 2. The van der Waals surface area contributed by atoms with Gasteiger partial charge in [0, 0.05) is 19.0 Å². The van der Waals surface area contributed by atoms with Gasteiger partial charge in [0.15, 0.2) is 11.5 Å². The van der Waals surface area contributed by atoms with Gasteiger partial charge in [-0.1, -0.05) is 19.9 Å². The number of benzene rings is 1. The van der Waals surface area contributed by atoms with E-state index in [1.54, 1.807) is 7.11 Å². The second-order valence-electron chi connectivity index (χ2n) is 4.98. The summed E-state index contributed by atoms with van der Waals surface area (Å²) < 4.78 is 11.1. The first-order chi connectivity index (χ1) is 9.67. The number of methoxy groups -OCH3 is 1. The summed E-state index contributed by atoms with van der Waals surface area (Å²) in [7, 11) is 1.65. The molecule has 0 bridgehead atoms. The van der Waals surface area contributed by atoms with Crippen molar-refractivity contribution in [3.63, 3.8) is 0 Å². The van der Waals surface area contributed by atoms with Gasteiger partial charge in [0.05, 0.1) is 19.8 Å². The van der Waals surface area contributed by atoms with Gasteiger partial charge in [-0.25, -0.2) is 0 Å². The molecular weight excluding hydrogens is 252 g/mol. The predicted octanol–water partition coefficient (Wildman–Crippen LogP) is 3.27. The van der Waals surface area contributed by atoms with Crippen molar-refractivity contribution in [3.05, 3.63) is 23.8 Å². The molecular formula is C16H24N2O2. The van der Waals surface area contributed by atoms with Crippen molar-refractivity contribution in [2.45, 2.75) is 45.7 Å². The molecule has 0 atom stereocenters. The fourth-order valence-corrected chi connectivity index (χ4v) is 1.75. The third-order valence-electron chi connectivity index (χ3n) is 2.88. The molecule has 110 valence electrons. The number of nitrogens with zero attached hydrogens (tertiary/aromatic N) is 1. The van der Waals surface area contributed by atoms with Gasteiger partial charge >= 0.3 is 0 Å². The van der Waals surface area contributed by atoms with Crippen LogP contribution >= 0.6 is 0 Å². The number of nitriles is 1. The normalized spacial score (nSPS) is 10.3. The van der Waals surface area contributed by atoms with Crippen LogP contribution < -0.4 is 14.8 Å². The maximum atomic E-state index is 8.47. The highest BCUT2D eigenvalue weighted by Crippen LogP contribution is 2.28. The second kappa shape index (κ2) is 9.22. The summed E-state index contributed by atoms with van der Waals surface area (Å²) in [5.41, 5.74) is 1.17. The Bertz CT molecular complexity index is 439. The van der Waals surface area contributed by atoms with Crippen LogP contribution in [0.15, 0.2) is 18.2 Å². The smallest absolute Gasteiger partial charge is 0.161 e. The lowest BCUT2D eigenvalue weighted by molar-refractivity contribution is 0.286. The van der Waals surface area contributed by atoms with Gasteiger partial charge < -0.3 is 14.8 Å². The standard InChI is InChI=1S/C16H24N2O2/c1-13(2)18-12-14-7-8-15(16(11-14)19-3)20-10-6-4-5-9-17/h7-8,11,13,18H,4-6,10,12H2,1-3H3. The third kappa shape index (κ3) is 5.94. The molecule has 1 rings (SSSR count). The highest BCUT2D eigenvalue weighted by Gasteiger charge is 2.06. The van der Waals surface area contributed by atoms with E-state index in [4.69, 9.17) is 14.7 Å². The molecule has 20 heavy (non-hydrogen) atoms. The van der Waals surface area contributed by atoms with Crippen LogP contribution in [0.1, 0.15) is 38.7 Å². The lowest BCUT2D eigenvalue weighted by Crippen LogP contribution is -2.21. The fraction of sp³-hybridized carbons (Fsp3) is 0.562. The van der Waals surface area contributed by atoms with Gasteiger partial charge in [0.25, 0.3) is 0 Å². The van der Waals surface area contributed by atoms with E-state index in [0.29, 0.717) is 19.1 Å². The van der Waals surface area contributed by atoms with Crippen molar-refractivity contribution in [2.24, 2.45) is 0 Å². The molecule has 0 radical (unpaired) electrons. The Morgan fingerprint density at radius 2 is 2.05 bits per heavy atom. The molecule has 0 aliphatic rings. The minimum absolute atomic E-state index is 0.456. The summed E-state index contributed by atoms with van der Waals surface area (Å²) >= 11 is 0. The summed E-state index contributed by atoms with van der Waals surface area (Å²) in [4.78, 5) is 0. The lowest BCUT2D eigenvalue weighted by atomic mass is 10.2. The average Bonchev–Trinajstić information content (AvgIpc) is 2.45. The molecule has 1 aromatic carbocycles. The van der Waals surface area contributed by atoms with Gasteiger partial charge in [0.1, 0.15) is 0 Å². The highest BCUT2D eigenvalue weighted by atomic mass is 16.5. The molecule has 0 spiro atoms.